The third-order valence-electron chi connectivity index (χ3n) is 3.15. The highest BCUT2D eigenvalue weighted by Gasteiger charge is 2.10. The first-order valence-corrected chi connectivity index (χ1v) is 8.02. The van der Waals surface area contributed by atoms with Gasteiger partial charge in [0.15, 0.2) is 0 Å². The molecule has 0 unspecified atom stereocenters. The van der Waals surface area contributed by atoms with Crippen LogP contribution in [0.1, 0.15) is 37.9 Å². The number of hydrogen-bond acceptors (Lipinski definition) is 5. The Morgan fingerprint density at radius 2 is 1.74 bits per heavy atom. The summed E-state index contributed by atoms with van der Waals surface area (Å²) in [6.45, 7) is 8.16. The predicted octanol–water partition coefficient (Wildman–Crippen LogP) is 3.56. The SMILES string of the molecule is CCCN(CCC)c1ncc(C)c(CC#N)n1.c1ccncc1. The first-order valence-electron chi connectivity index (χ1n) is 8.02. The maximum Gasteiger partial charge on any atom is 0.225 e. The molecule has 2 aromatic rings. The molecule has 0 aliphatic heterocycles. The maximum atomic E-state index is 8.76. The summed E-state index contributed by atoms with van der Waals surface area (Å²) in [5, 5.41) is 8.76. The standard InChI is InChI=1S/C13H20N4.C5H5N/c1-4-8-17(9-5-2)13-15-10-11(3)12(16-13)6-7-14;1-2-4-6-5-3-1/h10H,4-6,8-9H2,1-3H3;1-5H. The lowest BCUT2D eigenvalue weighted by molar-refractivity contribution is 0.717. The number of pyridine rings is 1. The van der Waals surface area contributed by atoms with Gasteiger partial charge in [-0.25, -0.2) is 9.97 Å². The Bertz CT molecular complexity index is 559. The van der Waals surface area contributed by atoms with Crippen molar-refractivity contribution in [3.8, 4) is 6.07 Å². The fourth-order valence-electron chi connectivity index (χ4n) is 2.04. The van der Waals surface area contributed by atoms with Crippen LogP contribution in [-0.4, -0.2) is 28.0 Å². The molecule has 0 aromatic carbocycles. The van der Waals surface area contributed by atoms with Gasteiger partial charge in [0.2, 0.25) is 5.95 Å². The molecule has 0 N–H and O–H groups in total. The van der Waals surface area contributed by atoms with Gasteiger partial charge in [0.1, 0.15) is 0 Å². The largest absolute Gasteiger partial charge is 0.341 e. The minimum atomic E-state index is 0.355. The molecule has 122 valence electrons. The fraction of sp³-hybridized carbons (Fsp3) is 0.444. The Labute approximate surface area is 139 Å². The first-order chi connectivity index (χ1) is 11.2. The van der Waals surface area contributed by atoms with Gasteiger partial charge in [-0.05, 0) is 37.5 Å². The molecule has 0 radical (unpaired) electrons. The van der Waals surface area contributed by atoms with E-state index in [-0.39, 0.29) is 0 Å². The highest BCUT2D eigenvalue weighted by Crippen LogP contribution is 2.12. The van der Waals surface area contributed by atoms with E-state index in [4.69, 9.17) is 5.26 Å². The van der Waals surface area contributed by atoms with Crippen molar-refractivity contribution < 1.29 is 0 Å². The first kappa shape index (κ1) is 18.6. The van der Waals surface area contributed by atoms with Crippen molar-refractivity contribution in [1.82, 2.24) is 15.0 Å². The van der Waals surface area contributed by atoms with Crippen LogP contribution in [0.15, 0.2) is 36.8 Å². The molecular weight excluding hydrogens is 286 g/mol. The molecule has 23 heavy (non-hydrogen) atoms. The van der Waals surface area contributed by atoms with Gasteiger partial charge in [0.05, 0.1) is 18.2 Å². The molecule has 5 heteroatoms. The lowest BCUT2D eigenvalue weighted by atomic mass is 10.2. The van der Waals surface area contributed by atoms with Gasteiger partial charge in [0, 0.05) is 31.7 Å². The van der Waals surface area contributed by atoms with E-state index < -0.39 is 0 Å². The Hall–Kier alpha value is -2.48. The van der Waals surface area contributed by atoms with Gasteiger partial charge in [-0.15, -0.1) is 0 Å². The van der Waals surface area contributed by atoms with Crippen LogP contribution in [0.25, 0.3) is 0 Å². The number of hydrogen-bond donors (Lipinski definition) is 0. The molecule has 2 aromatic heterocycles. The van der Waals surface area contributed by atoms with E-state index in [0.29, 0.717) is 6.42 Å². The molecule has 0 amide bonds. The Morgan fingerprint density at radius 3 is 2.17 bits per heavy atom. The van der Waals surface area contributed by atoms with Gasteiger partial charge in [-0.1, -0.05) is 19.9 Å². The topological polar surface area (TPSA) is 65.7 Å². The third-order valence-corrected chi connectivity index (χ3v) is 3.15. The van der Waals surface area contributed by atoms with Gasteiger partial charge in [-0.3, -0.25) is 4.98 Å². The van der Waals surface area contributed by atoms with Crippen LogP contribution in [0.5, 0.6) is 0 Å². The number of anilines is 1. The molecular formula is C18H25N5. The summed E-state index contributed by atoms with van der Waals surface area (Å²) in [4.78, 5) is 14.8. The summed E-state index contributed by atoms with van der Waals surface area (Å²) >= 11 is 0. The van der Waals surface area contributed by atoms with Crippen molar-refractivity contribution in [2.24, 2.45) is 0 Å². The lowest BCUT2D eigenvalue weighted by Gasteiger charge is -2.21. The van der Waals surface area contributed by atoms with Crippen molar-refractivity contribution in [3.05, 3.63) is 48.0 Å². The minimum Gasteiger partial charge on any atom is -0.341 e. The second kappa shape index (κ2) is 11.1. The highest BCUT2D eigenvalue weighted by atomic mass is 15.2. The molecule has 2 rings (SSSR count). The number of nitrogens with zero attached hydrogens (tertiary/aromatic N) is 5. The third kappa shape index (κ3) is 6.88. The van der Waals surface area contributed by atoms with E-state index in [1.807, 2.05) is 31.3 Å². The van der Waals surface area contributed by atoms with Crippen LogP contribution in [-0.2, 0) is 6.42 Å². The minimum absolute atomic E-state index is 0.355. The van der Waals surface area contributed by atoms with Crippen molar-refractivity contribution in [2.45, 2.75) is 40.0 Å². The van der Waals surface area contributed by atoms with Crippen LogP contribution in [0.4, 0.5) is 5.95 Å². The average Bonchev–Trinajstić information content (AvgIpc) is 2.59. The van der Waals surface area contributed by atoms with Crippen molar-refractivity contribution in [2.75, 3.05) is 18.0 Å². The summed E-state index contributed by atoms with van der Waals surface area (Å²) in [6.07, 6.45) is 7.82. The van der Waals surface area contributed by atoms with Crippen molar-refractivity contribution >= 4 is 5.95 Å². The highest BCUT2D eigenvalue weighted by molar-refractivity contribution is 5.33. The molecule has 5 nitrogen and oxygen atoms in total. The quantitative estimate of drug-likeness (QED) is 0.816. The summed E-state index contributed by atoms with van der Waals surface area (Å²) in [5.74, 6) is 0.754. The van der Waals surface area contributed by atoms with Crippen LogP contribution in [0, 0.1) is 18.3 Å². The monoisotopic (exact) mass is 311 g/mol. The van der Waals surface area contributed by atoms with Gasteiger partial charge in [0.25, 0.3) is 0 Å². The van der Waals surface area contributed by atoms with Crippen LogP contribution >= 0.6 is 0 Å². The molecule has 0 saturated carbocycles. The maximum absolute atomic E-state index is 8.76. The average molecular weight is 311 g/mol. The van der Waals surface area contributed by atoms with E-state index in [2.05, 4.69) is 39.8 Å². The number of rotatable bonds is 6. The van der Waals surface area contributed by atoms with Crippen molar-refractivity contribution in [3.63, 3.8) is 0 Å². The van der Waals surface area contributed by atoms with Gasteiger partial charge < -0.3 is 4.90 Å². The fourth-order valence-corrected chi connectivity index (χ4v) is 2.04. The molecule has 2 heterocycles. The summed E-state index contributed by atoms with van der Waals surface area (Å²) in [5.41, 5.74) is 1.83. The normalized spacial score (nSPS) is 9.48. The van der Waals surface area contributed by atoms with E-state index >= 15 is 0 Å². The van der Waals surface area contributed by atoms with Crippen molar-refractivity contribution in [1.29, 1.82) is 5.26 Å². The molecule has 0 aliphatic carbocycles. The van der Waals surface area contributed by atoms with E-state index in [1.165, 1.54) is 0 Å². The zero-order valence-corrected chi connectivity index (χ0v) is 14.2. The smallest absolute Gasteiger partial charge is 0.225 e. The second-order valence-corrected chi connectivity index (χ2v) is 5.15. The number of nitriles is 1. The number of aromatic nitrogens is 3. The molecule has 0 aliphatic rings. The van der Waals surface area contributed by atoms with Crippen LogP contribution < -0.4 is 4.90 Å². The zero-order chi connectivity index (χ0) is 16.9. The van der Waals surface area contributed by atoms with Crippen LogP contribution in [0.3, 0.4) is 0 Å². The van der Waals surface area contributed by atoms with E-state index in [9.17, 15) is 0 Å². The molecule has 0 atom stereocenters. The van der Waals surface area contributed by atoms with Gasteiger partial charge >= 0.3 is 0 Å². The predicted molar refractivity (Wildman–Crippen MR) is 93.1 cm³/mol. The molecule has 0 saturated heterocycles. The summed E-state index contributed by atoms with van der Waals surface area (Å²) in [6, 6.07) is 7.86. The second-order valence-electron chi connectivity index (χ2n) is 5.15. The zero-order valence-electron chi connectivity index (χ0n) is 14.2. The summed E-state index contributed by atoms with van der Waals surface area (Å²) in [7, 11) is 0. The Kier molecular flexibility index (Phi) is 8.99. The van der Waals surface area contributed by atoms with E-state index in [1.54, 1.807) is 12.4 Å². The number of aryl methyl sites for hydroxylation is 1. The Morgan fingerprint density at radius 1 is 1.09 bits per heavy atom. The summed E-state index contributed by atoms with van der Waals surface area (Å²) < 4.78 is 0. The molecule has 0 bridgehead atoms. The van der Waals surface area contributed by atoms with Gasteiger partial charge in [-0.2, -0.15) is 5.26 Å². The van der Waals surface area contributed by atoms with Crippen LogP contribution in [0.2, 0.25) is 0 Å². The Balaban J connectivity index is 0.000000366. The molecule has 0 spiro atoms. The lowest BCUT2D eigenvalue weighted by Crippen LogP contribution is -2.27. The molecule has 0 fully saturated rings. The van der Waals surface area contributed by atoms with E-state index in [0.717, 1.165) is 43.1 Å².